The van der Waals surface area contributed by atoms with Gasteiger partial charge in [-0.15, -0.1) is 0 Å². The predicted molar refractivity (Wildman–Crippen MR) is 81.1 cm³/mol. The molecule has 0 spiro atoms. The molecule has 0 amide bonds. The van der Waals surface area contributed by atoms with Gasteiger partial charge in [-0.1, -0.05) is 0 Å². The molecule has 2 rings (SSSR count). The molecule has 0 bridgehead atoms. The second-order valence-corrected chi connectivity index (χ2v) is 5.43. The summed E-state index contributed by atoms with van der Waals surface area (Å²) in [6.07, 6.45) is 2.32. The average Bonchev–Trinajstić information content (AvgIpc) is 2.46. The highest BCUT2D eigenvalue weighted by molar-refractivity contribution is 5.92. The molecule has 0 saturated carbocycles. The van der Waals surface area contributed by atoms with Gasteiger partial charge < -0.3 is 20.3 Å². The van der Waals surface area contributed by atoms with Crippen LogP contribution >= 0.6 is 0 Å². The van der Waals surface area contributed by atoms with E-state index in [9.17, 15) is 4.79 Å². The third-order valence-corrected chi connectivity index (χ3v) is 3.98. The number of esters is 1. The van der Waals surface area contributed by atoms with Gasteiger partial charge in [0.2, 0.25) is 0 Å². The number of hydrogen-bond donors (Lipinski definition) is 1. The Hall–Kier alpha value is -1.75. The number of rotatable bonds is 3. The van der Waals surface area contributed by atoms with Gasteiger partial charge in [0.1, 0.15) is 0 Å². The lowest BCUT2D eigenvalue weighted by molar-refractivity contribution is 0.0601. The van der Waals surface area contributed by atoms with Gasteiger partial charge in [0.25, 0.3) is 0 Å². The van der Waals surface area contributed by atoms with Crippen LogP contribution in [-0.2, 0) is 4.74 Å². The van der Waals surface area contributed by atoms with E-state index in [1.165, 1.54) is 13.5 Å². The molecular formula is C15H23N3O2. The molecule has 2 N–H and O–H groups in total. The van der Waals surface area contributed by atoms with E-state index in [4.69, 9.17) is 10.5 Å². The fourth-order valence-electron chi connectivity index (χ4n) is 2.75. The molecule has 1 saturated heterocycles. The molecule has 20 heavy (non-hydrogen) atoms. The van der Waals surface area contributed by atoms with Gasteiger partial charge in [0.05, 0.1) is 24.0 Å². The van der Waals surface area contributed by atoms with Crippen LogP contribution in [0.1, 0.15) is 23.2 Å². The highest BCUT2D eigenvalue weighted by Crippen LogP contribution is 2.28. The number of likely N-dealkylation sites (N-methyl/N-ethyl adjacent to an activating group) is 2. The molecule has 110 valence electrons. The Labute approximate surface area is 120 Å². The lowest BCUT2D eigenvalue weighted by Crippen LogP contribution is -2.45. The second kappa shape index (κ2) is 6.13. The normalized spacial score (nSPS) is 19.6. The first-order valence-electron chi connectivity index (χ1n) is 6.92. The molecule has 1 heterocycles. The zero-order valence-corrected chi connectivity index (χ0v) is 12.4. The van der Waals surface area contributed by atoms with Crippen LogP contribution in [0.15, 0.2) is 18.2 Å². The Balaban J connectivity index is 2.24. The molecule has 1 aromatic carbocycles. The van der Waals surface area contributed by atoms with Crippen LogP contribution in [-0.4, -0.2) is 51.2 Å². The molecule has 1 aromatic rings. The van der Waals surface area contributed by atoms with E-state index in [1.54, 1.807) is 12.1 Å². The van der Waals surface area contributed by atoms with Crippen molar-refractivity contribution in [3.05, 3.63) is 23.8 Å². The number of piperidine rings is 1. The van der Waals surface area contributed by atoms with Crippen LogP contribution in [0.5, 0.6) is 0 Å². The summed E-state index contributed by atoms with van der Waals surface area (Å²) in [5.41, 5.74) is 8.19. The molecule has 5 nitrogen and oxygen atoms in total. The minimum absolute atomic E-state index is 0.333. The van der Waals surface area contributed by atoms with Gasteiger partial charge in [-0.3, -0.25) is 0 Å². The summed E-state index contributed by atoms with van der Waals surface area (Å²) < 4.78 is 4.77. The van der Waals surface area contributed by atoms with E-state index in [-0.39, 0.29) is 5.97 Å². The smallest absolute Gasteiger partial charge is 0.337 e. The first kappa shape index (κ1) is 14.7. The van der Waals surface area contributed by atoms with Gasteiger partial charge in [0.15, 0.2) is 0 Å². The SMILES string of the molecule is COC(=O)c1ccc(N)c(N(C)C2CCCN(C)C2)c1. The molecule has 0 radical (unpaired) electrons. The van der Waals surface area contributed by atoms with E-state index in [0.717, 1.165) is 25.2 Å². The number of carbonyl (C=O) groups excluding carboxylic acids is 1. The van der Waals surface area contributed by atoms with Crippen LogP contribution in [0.2, 0.25) is 0 Å². The number of nitrogens with zero attached hydrogens (tertiary/aromatic N) is 2. The van der Waals surface area contributed by atoms with E-state index in [1.807, 2.05) is 13.1 Å². The third-order valence-electron chi connectivity index (χ3n) is 3.98. The Morgan fingerprint density at radius 3 is 2.90 bits per heavy atom. The Kier molecular flexibility index (Phi) is 4.49. The van der Waals surface area contributed by atoms with Crippen LogP contribution < -0.4 is 10.6 Å². The fraction of sp³-hybridized carbons (Fsp3) is 0.533. The van der Waals surface area contributed by atoms with Gasteiger partial charge in [0, 0.05) is 19.6 Å². The first-order chi connectivity index (χ1) is 9.52. The maximum Gasteiger partial charge on any atom is 0.337 e. The van der Waals surface area contributed by atoms with Gasteiger partial charge in [-0.25, -0.2) is 4.79 Å². The Bertz CT molecular complexity index is 490. The van der Waals surface area contributed by atoms with Crippen molar-refractivity contribution in [3.63, 3.8) is 0 Å². The number of carbonyl (C=O) groups is 1. The highest BCUT2D eigenvalue weighted by Gasteiger charge is 2.23. The molecule has 1 aliphatic heterocycles. The van der Waals surface area contributed by atoms with E-state index in [2.05, 4.69) is 16.8 Å². The summed E-state index contributed by atoms with van der Waals surface area (Å²) in [7, 11) is 5.56. The van der Waals surface area contributed by atoms with Crippen molar-refractivity contribution < 1.29 is 9.53 Å². The summed E-state index contributed by atoms with van der Waals surface area (Å²) in [5.74, 6) is -0.333. The number of nitrogens with two attached hydrogens (primary N) is 1. The number of benzene rings is 1. The third kappa shape index (κ3) is 3.04. The summed E-state index contributed by atoms with van der Waals surface area (Å²) in [5, 5.41) is 0. The van der Waals surface area contributed by atoms with Crippen molar-refractivity contribution in [1.29, 1.82) is 0 Å². The predicted octanol–water partition coefficient (Wildman–Crippen LogP) is 1.59. The van der Waals surface area contributed by atoms with Crippen LogP contribution in [0.4, 0.5) is 11.4 Å². The summed E-state index contributed by atoms with van der Waals surface area (Å²) in [6.45, 7) is 2.15. The fourth-order valence-corrected chi connectivity index (χ4v) is 2.75. The van der Waals surface area contributed by atoms with Crippen LogP contribution in [0.25, 0.3) is 0 Å². The molecule has 1 atom stereocenters. The molecular weight excluding hydrogens is 254 g/mol. The molecule has 0 aliphatic carbocycles. The molecule has 1 fully saturated rings. The molecule has 1 unspecified atom stereocenters. The van der Waals surface area contributed by atoms with Crippen molar-refractivity contribution in [2.75, 3.05) is 44.9 Å². The van der Waals surface area contributed by atoms with Crippen molar-refractivity contribution in [1.82, 2.24) is 4.90 Å². The lowest BCUT2D eigenvalue weighted by atomic mass is 10.0. The quantitative estimate of drug-likeness (QED) is 0.671. The topological polar surface area (TPSA) is 58.8 Å². The Morgan fingerprint density at radius 1 is 1.50 bits per heavy atom. The summed E-state index contributed by atoms with van der Waals surface area (Å²) in [4.78, 5) is 16.1. The van der Waals surface area contributed by atoms with Crippen LogP contribution in [0, 0.1) is 0 Å². The van der Waals surface area contributed by atoms with Gasteiger partial charge in [-0.05, 0) is 44.6 Å². The number of nitrogen functional groups attached to an aromatic ring is 1. The first-order valence-corrected chi connectivity index (χ1v) is 6.92. The molecule has 1 aliphatic rings. The summed E-state index contributed by atoms with van der Waals surface area (Å²) in [6, 6.07) is 5.70. The lowest BCUT2D eigenvalue weighted by Gasteiger charge is -2.37. The largest absolute Gasteiger partial charge is 0.465 e. The minimum atomic E-state index is -0.333. The molecule has 0 aromatic heterocycles. The number of methoxy groups -OCH3 is 1. The van der Waals surface area contributed by atoms with Crippen molar-refractivity contribution >= 4 is 17.3 Å². The molecule has 5 heteroatoms. The number of likely N-dealkylation sites (tertiary alicyclic amines) is 1. The maximum absolute atomic E-state index is 11.6. The number of ether oxygens (including phenoxy) is 1. The second-order valence-electron chi connectivity index (χ2n) is 5.43. The summed E-state index contributed by atoms with van der Waals surface area (Å²) >= 11 is 0. The monoisotopic (exact) mass is 277 g/mol. The highest BCUT2D eigenvalue weighted by atomic mass is 16.5. The zero-order valence-electron chi connectivity index (χ0n) is 12.4. The zero-order chi connectivity index (χ0) is 14.7. The standard InChI is InChI=1S/C15H23N3O2/c1-17-8-4-5-12(10-17)18(2)14-9-11(15(19)20-3)6-7-13(14)16/h6-7,9,12H,4-5,8,10,16H2,1-3H3. The Morgan fingerprint density at radius 2 is 2.25 bits per heavy atom. The van der Waals surface area contributed by atoms with E-state index >= 15 is 0 Å². The van der Waals surface area contributed by atoms with Crippen molar-refractivity contribution in [3.8, 4) is 0 Å². The minimum Gasteiger partial charge on any atom is -0.465 e. The van der Waals surface area contributed by atoms with Crippen molar-refractivity contribution in [2.24, 2.45) is 0 Å². The van der Waals surface area contributed by atoms with Crippen molar-refractivity contribution in [2.45, 2.75) is 18.9 Å². The van der Waals surface area contributed by atoms with E-state index in [0.29, 0.717) is 17.3 Å². The van der Waals surface area contributed by atoms with Gasteiger partial charge in [-0.2, -0.15) is 0 Å². The van der Waals surface area contributed by atoms with Gasteiger partial charge >= 0.3 is 5.97 Å². The van der Waals surface area contributed by atoms with E-state index < -0.39 is 0 Å². The maximum atomic E-state index is 11.6. The average molecular weight is 277 g/mol. The van der Waals surface area contributed by atoms with Crippen LogP contribution in [0.3, 0.4) is 0 Å². The number of hydrogen-bond acceptors (Lipinski definition) is 5. The number of anilines is 2.